The minimum Gasteiger partial charge on any atom is -0.369 e. The first-order valence-electron chi connectivity index (χ1n) is 7.67. The van der Waals surface area contributed by atoms with Crippen LogP contribution in [0.25, 0.3) is 0 Å². The van der Waals surface area contributed by atoms with Crippen LogP contribution in [0.3, 0.4) is 0 Å². The Morgan fingerprint density at radius 3 is 2.57 bits per heavy atom. The van der Waals surface area contributed by atoms with Crippen molar-refractivity contribution >= 4 is 35.8 Å². The lowest BCUT2D eigenvalue weighted by Gasteiger charge is -2.14. The van der Waals surface area contributed by atoms with Crippen LogP contribution in [0.2, 0.25) is 0 Å². The summed E-state index contributed by atoms with van der Waals surface area (Å²) in [6, 6.07) is 6.60. The lowest BCUT2D eigenvalue weighted by molar-refractivity contribution is -0.121. The number of nitrogens with zero attached hydrogens (tertiary/aromatic N) is 1. The predicted molar refractivity (Wildman–Crippen MR) is 100 cm³/mol. The molecule has 23 heavy (non-hydrogen) atoms. The third-order valence-electron chi connectivity index (χ3n) is 3.53. The molecule has 2 rings (SSSR count). The van der Waals surface area contributed by atoms with Gasteiger partial charge in [-0.3, -0.25) is 9.79 Å². The number of carbonyl (C=O) groups excluding carboxylic acids is 1. The maximum atomic E-state index is 12.9. The maximum absolute atomic E-state index is 12.9. The second-order valence-corrected chi connectivity index (χ2v) is 5.57. The number of primary amides is 1. The highest BCUT2D eigenvalue weighted by atomic mass is 127. The van der Waals surface area contributed by atoms with Crippen molar-refractivity contribution in [3.63, 3.8) is 0 Å². The molecule has 1 aliphatic rings. The molecule has 128 valence electrons. The second-order valence-electron chi connectivity index (χ2n) is 5.57. The van der Waals surface area contributed by atoms with Gasteiger partial charge in [-0.05, 0) is 43.9 Å². The number of hydrogen-bond acceptors (Lipinski definition) is 2. The van der Waals surface area contributed by atoms with Crippen molar-refractivity contribution in [3.8, 4) is 0 Å². The molecule has 5 nitrogen and oxygen atoms in total. The molecule has 0 radical (unpaired) electrons. The van der Waals surface area contributed by atoms with Gasteiger partial charge in [0.25, 0.3) is 0 Å². The summed E-state index contributed by atoms with van der Waals surface area (Å²) < 4.78 is 12.9. The van der Waals surface area contributed by atoms with E-state index in [9.17, 15) is 9.18 Å². The summed E-state index contributed by atoms with van der Waals surface area (Å²) in [5.74, 6) is -0.369. The number of nitrogens with one attached hydrogen (secondary N) is 2. The summed E-state index contributed by atoms with van der Waals surface area (Å²) in [7, 11) is 0. The SMILES string of the molecule is CCNC(=NCC(Cc1ccc(F)cc1)C(N)=O)NC1CC1.I. The summed E-state index contributed by atoms with van der Waals surface area (Å²) in [5.41, 5.74) is 6.34. The molecule has 0 bridgehead atoms. The highest BCUT2D eigenvalue weighted by Crippen LogP contribution is 2.18. The van der Waals surface area contributed by atoms with E-state index in [1.54, 1.807) is 12.1 Å². The van der Waals surface area contributed by atoms with Crippen molar-refractivity contribution in [1.29, 1.82) is 0 Å². The van der Waals surface area contributed by atoms with Crippen molar-refractivity contribution in [1.82, 2.24) is 10.6 Å². The molecule has 1 unspecified atom stereocenters. The van der Waals surface area contributed by atoms with Gasteiger partial charge in [-0.1, -0.05) is 12.1 Å². The first-order valence-corrected chi connectivity index (χ1v) is 7.67. The Hall–Kier alpha value is -1.38. The Morgan fingerprint density at radius 2 is 2.04 bits per heavy atom. The van der Waals surface area contributed by atoms with Gasteiger partial charge in [0, 0.05) is 12.6 Å². The number of guanidine groups is 1. The van der Waals surface area contributed by atoms with Crippen LogP contribution >= 0.6 is 24.0 Å². The number of amides is 1. The zero-order chi connectivity index (χ0) is 15.9. The van der Waals surface area contributed by atoms with Gasteiger partial charge >= 0.3 is 0 Å². The van der Waals surface area contributed by atoms with Crippen molar-refractivity contribution in [3.05, 3.63) is 35.6 Å². The van der Waals surface area contributed by atoms with E-state index in [4.69, 9.17) is 5.73 Å². The molecule has 1 aromatic rings. The van der Waals surface area contributed by atoms with Gasteiger partial charge in [0.2, 0.25) is 5.91 Å². The van der Waals surface area contributed by atoms with Crippen LogP contribution in [0, 0.1) is 11.7 Å². The minimum atomic E-state index is -0.403. The van der Waals surface area contributed by atoms with Crippen molar-refractivity contribution in [2.75, 3.05) is 13.1 Å². The molecule has 1 saturated carbocycles. The van der Waals surface area contributed by atoms with Crippen molar-refractivity contribution in [2.45, 2.75) is 32.2 Å². The summed E-state index contributed by atoms with van der Waals surface area (Å²) in [6.07, 6.45) is 2.76. The maximum Gasteiger partial charge on any atom is 0.222 e. The van der Waals surface area contributed by atoms with E-state index in [0.717, 1.165) is 30.9 Å². The molecule has 0 aromatic heterocycles. The van der Waals surface area contributed by atoms with Crippen molar-refractivity contribution in [2.24, 2.45) is 16.6 Å². The molecule has 4 N–H and O–H groups in total. The first kappa shape index (κ1) is 19.7. The number of nitrogens with two attached hydrogens (primary N) is 1. The quantitative estimate of drug-likeness (QED) is 0.348. The molecule has 0 saturated heterocycles. The smallest absolute Gasteiger partial charge is 0.222 e. The summed E-state index contributed by atoms with van der Waals surface area (Å²) in [6.45, 7) is 3.07. The van der Waals surface area contributed by atoms with Crippen LogP contribution in [0.4, 0.5) is 4.39 Å². The second kappa shape index (κ2) is 9.69. The van der Waals surface area contributed by atoms with Crippen LogP contribution in [-0.2, 0) is 11.2 Å². The van der Waals surface area contributed by atoms with Gasteiger partial charge in [-0.25, -0.2) is 4.39 Å². The molecule has 1 aliphatic carbocycles. The summed E-state index contributed by atoms with van der Waals surface area (Å²) >= 11 is 0. The number of carbonyl (C=O) groups is 1. The Balaban J connectivity index is 0.00000264. The Bertz CT molecular complexity index is 531. The molecular formula is C16H24FIN4O. The molecule has 7 heteroatoms. The fourth-order valence-electron chi connectivity index (χ4n) is 2.10. The van der Waals surface area contributed by atoms with Gasteiger partial charge in [0.15, 0.2) is 5.96 Å². The number of halogens is 2. The molecule has 1 atom stereocenters. The van der Waals surface area contributed by atoms with Gasteiger partial charge < -0.3 is 16.4 Å². The van der Waals surface area contributed by atoms with Gasteiger partial charge in [0.1, 0.15) is 5.82 Å². The highest BCUT2D eigenvalue weighted by molar-refractivity contribution is 14.0. The number of benzene rings is 1. The van der Waals surface area contributed by atoms with Gasteiger partial charge in [-0.15, -0.1) is 24.0 Å². The summed E-state index contributed by atoms with van der Waals surface area (Å²) in [4.78, 5) is 16.1. The van der Waals surface area contributed by atoms with E-state index in [1.807, 2.05) is 6.92 Å². The first-order chi connectivity index (χ1) is 10.6. The third kappa shape index (κ3) is 7.15. The third-order valence-corrected chi connectivity index (χ3v) is 3.53. The lowest BCUT2D eigenvalue weighted by Crippen LogP contribution is -2.39. The molecule has 0 spiro atoms. The molecule has 1 amide bonds. The van der Waals surface area contributed by atoms with E-state index >= 15 is 0 Å². The van der Waals surface area contributed by atoms with E-state index in [-0.39, 0.29) is 29.8 Å². The fraction of sp³-hybridized carbons (Fsp3) is 0.500. The Kier molecular flexibility index (Phi) is 8.29. The normalized spacial score (nSPS) is 15.5. The highest BCUT2D eigenvalue weighted by Gasteiger charge is 2.22. The van der Waals surface area contributed by atoms with E-state index in [1.165, 1.54) is 12.1 Å². The summed E-state index contributed by atoms with van der Waals surface area (Å²) in [5, 5.41) is 6.45. The molecule has 1 fully saturated rings. The van der Waals surface area contributed by atoms with E-state index < -0.39 is 11.8 Å². The number of rotatable bonds is 7. The molecule has 0 heterocycles. The van der Waals surface area contributed by atoms with Crippen molar-refractivity contribution < 1.29 is 9.18 Å². The van der Waals surface area contributed by atoms with Crippen LogP contribution < -0.4 is 16.4 Å². The molecular weight excluding hydrogens is 410 g/mol. The largest absolute Gasteiger partial charge is 0.369 e. The monoisotopic (exact) mass is 434 g/mol. The topological polar surface area (TPSA) is 79.5 Å². The fourth-order valence-corrected chi connectivity index (χ4v) is 2.10. The number of hydrogen-bond donors (Lipinski definition) is 3. The number of aliphatic imine (C=N–C) groups is 1. The van der Waals surface area contributed by atoms with E-state index in [0.29, 0.717) is 19.0 Å². The molecule has 1 aromatic carbocycles. The standard InChI is InChI=1S/C16H23FN4O.HI/c1-2-19-16(21-14-7-8-14)20-10-12(15(18)22)9-11-3-5-13(17)6-4-11;/h3-6,12,14H,2,7-10H2,1H3,(H2,18,22)(H2,19,20,21);1H. The predicted octanol–water partition coefficient (Wildman–Crippen LogP) is 1.81. The zero-order valence-electron chi connectivity index (χ0n) is 13.2. The van der Waals surface area contributed by atoms with Crippen LogP contribution in [0.5, 0.6) is 0 Å². The Morgan fingerprint density at radius 1 is 1.39 bits per heavy atom. The van der Waals surface area contributed by atoms with Crippen LogP contribution in [-0.4, -0.2) is 31.0 Å². The van der Waals surface area contributed by atoms with E-state index in [2.05, 4.69) is 15.6 Å². The molecule has 0 aliphatic heterocycles. The van der Waals surface area contributed by atoms with Gasteiger partial charge in [-0.2, -0.15) is 0 Å². The van der Waals surface area contributed by atoms with Crippen LogP contribution in [0.15, 0.2) is 29.3 Å². The Labute approximate surface area is 153 Å². The average Bonchev–Trinajstić information content (AvgIpc) is 3.29. The van der Waals surface area contributed by atoms with Gasteiger partial charge in [0.05, 0.1) is 12.5 Å². The minimum absolute atomic E-state index is 0. The lowest BCUT2D eigenvalue weighted by atomic mass is 9.99. The van der Waals surface area contributed by atoms with Crippen LogP contribution in [0.1, 0.15) is 25.3 Å². The zero-order valence-corrected chi connectivity index (χ0v) is 15.5. The average molecular weight is 434 g/mol.